The number of hydrogen-bond donors (Lipinski definition) is 2. The van der Waals surface area contributed by atoms with Gasteiger partial charge in [0.05, 0.1) is 5.02 Å². The van der Waals surface area contributed by atoms with Crippen molar-refractivity contribution in [1.82, 2.24) is 24.8 Å². The van der Waals surface area contributed by atoms with Crippen molar-refractivity contribution in [2.75, 3.05) is 12.3 Å². The molecule has 2 aromatic heterocycles. The van der Waals surface area contributed by atoms with Crippen LogP contribution in [0, 0.1) is 3.57 Å². The van der Waals surface area contributed by atoms with Crippen LogP contribution in [0.5, 0.6) is 0 Å². The lowest BCUT2D eigenvalue weighted by atomic mass is 10.3. The molecule has 0 saturated heterocycles. The van der Waals surface area contributed by atoms with Gasteiger partial charge in [-0.1, -0.05) is 48.8 Å². The monoisotopic (exact) mass is 536 g/mol. The Bertz CT molecular complexity index is 962. The van der Waals surface area contributed by atoms with Crippen LogP contribution in [-0.4, -0.2) is 32.1 Å². The standard InChI is InChI=1S/C17H19Cl2IN6S/c1-9(2)22-4-3-5-26-16-14(15(21)23-8-24-16)25-17(26)27-12-7-10(18)6-11(19)13(12)20/h6-9,22H,3-5H2,1-2H3,(H2,21,23,24). The van der Waals surface area contributed by atoms with Crippen LogP contribution in [0.25, 0.3) is 11.2 Å². The Morgan fingerprint density at radius 3 is 2.81 bits per heavy atom. The zero-order valence-electron chi connectivity index (χ0n) is 14.8. The Balaban J connectivity index is 1.96. The lowest BCUT2D eigenvalue weighted by Crippen LogP contribution is -2.24. The molecule has 0 amide bonds. The smallest absolute Gasteiger partial charge is 0.175 e. The summed E-state index contributed by atoms with van der Waals surface area (Å²) in [7, 11) is 0. The van der Waals surface area contributed by atoms with Crippen molar-refractivity contribution in [3.63, 3.8) is 0 Å². The maximum atomic E-state index is 6.28. The molecule has 1 aromatic carbocycles. The molecule has 0 aliphatic heterocycles. The lowest BCUT2D eigenvalue weighted by molar-refractivity contribution is 0.525. The first-order chi connectivity index (χ1) is 12.9. The quantitative estimate of drug-likeness (QED) is 0.255. The molecule has 0 spiro atoms. The normalized spacial score (nSPS) is 11.6. The molecular weight excluding hydrogens is 518 g/mol. The predicted octanol–water partition coefficient (Wildman–Crippen LogP) is 4.86. The van der Waals surface area contributed by atoms with Gasteiger partial charge in [-0.25, -0.2) is 15.0 Å². The van der Waals surface area contributed by atoms with E-state index in [9.17, 15) is 0 Å². The van der Waals surface area contributed by atoms with Gasteiger partial charge < -0.3 is 15.6 Å². The molecular formula is C17H19Cl2IN6S. The highest BCUT2D eigenvalue weighted by atomic mass is 127. The summed E-state index contributed by atoms with van der Waals surface area (Å²) in [6, 6.07) is 4.07. The molecule has 10 heteroatoms. The van der Waals surface area contributed by atoms with E-state index in [1.807, 2.05) is 6.07 Å². The SMILES string of the molecule is CC(C)NCCCn1c(Sc2cc(Cl)cc(Cl)c2I)nc2c(N)ncnc21. The molecule has 3 N–H and O–H groups in total. The van der Waals surface area contributed by atoms with Gasteiger partial charge in [0.2, 0.25) is 0 Å². The topological polar surface area (TPSA) is 81.7 Å². The second-order valence-corrected chi connectivity index (χ2v) is 9.17. The highest BCUT2D eigenvalue weighted by molar-refractivity contribution is 14.1. The Kier molecular flexibility index (Phi) is 7.07. The molecule has 0 aliphatic carbocycles. The molecule has 0 fully saturated rings. The highest BCUT2D eigenvalue weighted by Crippen LogP contribution is 2.38. The van der Waals surface area contributed by atoms with Gasteiger partial charge in [-0.2, -0.15) is 0 Å². The third kappa shape index (κ3) is 4.97. The second kappa shape index (κ2) is 9.13. The summed E-state index contributed by atoms with van der Waals surface area (Å²) in [6.07, 6.45) is 2.41. The fourth-order valence-corrected chi connectivity index (χ4v) is 4.81. The van der Waals surface area contributed by atoms with Gasteiger partial charge in [-0.3, -0.25) is 0 Å². The number of aromatic nitrogens is 4. The second-order valence-electron chi connectivity index (χ2n) is 6.24. The van der Waals surface area contributed by atoms with Crippen LogP contribution in [0.2, 0.25) is 10.0 Å². The summed E-state index contributed by atoms with van der Waals surface area (Å²) in [5.74, 6) is 0.375. The van der Waals surface area contributed by atoms with Crippen molar-refractivity contribution < 1.29 is 0 Å². The summed E-state index contributed by atoms with van der Waals surface area (Å²) in [4.78, 5) is 14.1. The van der Waals surface area contributed by atoms with Crippen molar-refractivity contribution >= 4 is 74.5 Å². The molecule has 2 heterocycles. The number of benzene rings is 1. The van der Waals surface area contributed by atoms with E-state index >= 15 is 0 Å². The summed E-state index contributed by atoms with van der Waals surface area (Å²) < 4.78 is 3.01. The van der Waals surface area contributed by atoms with Gasteiger partial charge in [-0.05, 0) is 47.7 Å². The zero-order chi connectivity index (χ0) is 19.6. The molecule has 0 saturated carbocycles. The zero-order valence-corrected chi connectivity index (χ0v) is 19.3. The largest absolute Gasteiger partial charge is 0.382 e. The van der Waals surface area contributed by atoms with Gasteiger partial charge in [0.25, 0.3) is 0 Å². The first kappa shape index (κ1) is 20.9. The van der Waals surface area contributed by atoms with E-state index in [0.717, 1.165) is 38.8 Å². The van der Waals surface area contributed by atoms with Gasteiger partial charge in [-0.15, -0.1) is 0 Å². The van der Waals surface area contributed by atoms with Crippen LogP contribution >= 0.6 is 57.6 Å². The minimum atomic E-state index is 0.375. The minimum Gasteiger partial charge on any atom is -0.382 e. The Morgan fingerprint density at radius 1 is 1.30 bits per heavy atom. The van der Waals surface area contributed by atoms with Gasteiger partial charge in [0, 0.05) is 26.1 Å². The van der Waals surface area contributed by atoms with Crippen LogP contribution in [0.1, 0.15) is 20.3 Å². The molecule has 0 aliphatic rings. The highest BCUT2D eigenvalue weighted by Gasteiger charge is 2.18. The van der Waals surface area contributed by atoms with E-state index in [2.05, 4.69) is 61.3 Å². The number of fused-ring (bicyclic) bond motifs is 1. The molecule has 0 bridgehead atoms. The Morgan fingerprint density at radius 2 is 2.07 bits per heavy atom. The number of nitrogens with one attached hydrogen (secondary N) is 1. The number of aryl methyl sites for hydroxylation is 1. The average molecular weight is 537 g/mol. The molecule has 0 radical (unpaired) electrons. The van der Waals surface area contributed by atoms with Crippen molar-refractivity contribution in [3.05, 3.63) is 32.1 Å². The van der Waals surface area contributed by atoms with Gasteiger partial charge in [0.1, 0.15) is 6.33 Å². The van der Waals surface area contributed by atoms with Crippen LogP contribution in [-0.2, 0) is 6.54 Å². The van der Waals surface area contributed by atoms with E-state index in [1.54, 1.807) is 6.07 Å². The fourth-order valence-electron chi connectivity index (χ4n) is 2.55. The maximum absolute atomic E-state index is 6.28. The van der Waals surface area contributed by atoms with Crippen LogP contribution in [0.3, 0.4) is 0 Å². The lowest BCUT2D eigenvalue weighted by Gasteiger charge is -2.11. The molecule has 27 heavy (non-hydrogen) atoms. The van der Waals surface area contributed by atoms with E-state index in [1.165, 1.54) is 18.1 Å². The van der Waals surface area contributed by atoms with Crippen LogP contribution in [0.15, 0.2) is 28.5 Å². The molecule has 0 unspecified atom stereocenters. The van der Waals surface area contributed by atoms with E-state index in [-0.39, 0.29) is 0 Å². The van der Waals surface area contributed by atoms with Gasteiger partial charge in [0.15, 0.2) is 22.1 Å². The number of nitrogen functional groups attached to an aromatic ring is 1. The average Bonchev–Trinajstić information content (AvgIpc) is 2.95. The third-order valence-electron chi connectivity index (χ3n) is 3.80. The molecule has 3 aromatic rings. The molecule has 144 valence electrons. The summed E-state index contributed by atoms with van der Waals surface area (Å²) in [5, 5.41) is 5.42. The van der Waals surface area contributed by atoms with Crippen LogP contribution < -0.4 is 11.1 Å². The summed E-state index contributed by atoms with van der Waals surface area (Å²) in [5.41, 5.74) is 7.36. The number of nitrogens with two attached hydrogens (primary N) is 1. The van der Waals surface area contributed by atoms with Crippen LogP contribution in [0.4, 0.5) is 5.82 Å². The molecule has 3 rings (SSSR count). The Hall–Kier alpha value is -0.810. The van der Waals surface area contributed by atoms with Gasteiger partial charge >= 0.3 is 0 Å². The van der Waals surface area contributed by atoms with E-state index in [4.69, 9.17) is 28.9 Å². The summed E-state index contributed by atoms with van der Waals surface area (Å²) >= 11 is 16.2. The van der Waals surface area contributed by atoms with Crippen molar-refractivity contribution in [3.8, 4) is 0 Å². The summed E-state index contributed by atoms with van der Waals surface area (Å²) in [6.45, 7) is 5.93. The number of halogens is 3. The number of rotatable bonds is 7. The first-order valence-corrected chi connectivity index (χ1v) is 11.0. The minimum absolute atomic E-state index is 0.375. The van der Waals surface area contributed by atoms with E-state index < -0.39 is 0 Å². The number of anilines is 1. The molecule has 0 atom stereocenters. The number of hydrogen-bond acceptors (Lipinski definition) is 6. The molecule has 6 nitrogen and oxygen atoms in total. The predicted molar refractivity (Wildman–Crippen MR) is 121 cm³/mol. The fraction of sp³-hybridized carbons (Fsp3) is 0.353. The van der Waals surface area contributed by atoms with Crippen molar-refractivity contribution in [2.24, 2.45) is 0 Å². The van der Waals surface area contributed by atoms with Crippen molar-refractivity contribution in [2.45, 2.75) is 42.9 Å². The van der Waals surface area contributed by atoms with Crippen molar-refractivity contribution in [1.29, 1.82) is 0 Å². The number of imidazole rings is 1. The third-order valence-corrected chi connectivity index (χ3v) is 7.20. The Labute approximate surface area is 185 Å². The van der Waals surface area contributed by atoms with E-state index in [0.29, 0.717) is 27.4 Å². The maximum Gasteiger partial charge on any atom is 0.175 e. The number of nitrogens with zero attached hydrogens (tertiary/aromatic N) is 4. The first-order valence-electron chi connectivity index (χ1n) is 8.39.